The molecule has 1 atom stereocenters. The number of nitrogens with one attached hydrogen (secondary N) is 2. The summed E-state index contributed by atoms with van der Waals surface area (Å²) >= 11 is 0. The fourth-order valence-corrected chi connectivity index (χ4v) is 1.39. The molecule has 1 rings (SSSR count). The van der Waals surface area contributed by atoms with Gasteiger partial charge in [0.15, 0.2) is 0 Å². The number of carboxylic acids is 1. The summed E-state index contributed by atoms with van der Waals surface area (Å²) in [6, 6.07) is 5.98. The predicted octanol–water partition coefficient (Wildman–Crippen LogP) is 0.992. The van der Waals surface area contributed by atoms with Crippen LogP contribution in [0.5, 0.6) is 0 Å². The van der Waals surface area contributed by atoms with Gasteiger partial charge in [0.05, 0.1) is 0 Å². The number of hydrogen-bond acceptors (Lipinski definition) is 3. The van der Waals surface area contributed by atoms with Crippen molar-refractivity contribution in [1.29, 1.82) is 0 Å². The van der Waals surface area contributed by atoms with Gasteiger partial charge in [-0.3, -0.25) is 0 Å². The number of rotatable bonds is 5. The second-order valence-corrected chi connectivity index (χ2v) is 3.49. The van der Waals surface area contributed by atoms with Crippen molar-refractivity contribution >= 4 is 17.7 Å². The average molecular weight is 238 g/mol. The molecule has 0 aliphatic rings. The number of anilines is 1. The first-order valence-electron chi connectivity index (χ1n) is 5.02. The predicted molar refractivity (Wildman–Crippen MR) is 62.3 cm³/mol. The molecule has 0 unspecified atom stereocenters. The van der Waals surface area contributed by atoms with E-state index in [0.717, 1.165) is 11.3 Å². The lowest BCUT2D eigenvalue weighted by molar-refractivity contribution is -0.139. The molecule has 0 aliphatic carbocycles. The molecule has 17 heavy (non-hydrogen) atoms. The second kappa shape index (κ2) is 5.74. The highest BCUT2D eigenvalue weighted by atomic mass is 16.4. The second-order valence-electron chi connectivity index (χ2n) is 3.49. The van der Waals surface area contributed by atoms with Crippen LogP contribution < -0.4 is 10.6 Å². The molecule has 4 N–H and O–H groups in total. The van der Waals surface area contributed by atoms with Crippen LogP contribution in [-0.2, 0) is 11.2 Å². The highest BCUT2D eigenvalue weighted by Crippen LogP contribution is 2.10. The molecule has 0 saturated carbocycles. The van der Waals surface area contributed by atoms with Crippen molar-refractivity contribution in [1.82, 2.24) is 5.32 Å². The molecule has 0 heterocycles. The minimum atomic E-state index is -1.34. The van der Waals surface area contributed by atoms with Crippen LogP contribution in [-0.4, -0.2) is 35.4 Å². The Hall–Kier alpha value is -2.24. The zero-order valence-corrected chi connectivity index (χ0v) is 9.30. The van der Waals surface area contributed by atoms with Crippen molar-refractivity contribution in [3.8, 4) is 0 Å². The molecule has 1 amide bonds. The van der Waals surface area contributed by atoms with E-state index in [1.807, 2.05) is 5.32 Å². The Bertz CT molecular complexity index is 402. The maximum atomic E-state index is 10.8. The SMILES string of the molecule is CNc1ccc(C[C@H](NC(=O)O)C(=O)O)cc1. The standard InChI is InChI=1S/C11H14N2O4/c1-12-8-4-2-7(3-5-8)6-9(10(14)15)13-11(16)17/h2-5,9,12-13H,6H2,1H3,(H,14,15)(H,16,17)/t9-/m0/s1. The Labute approximate surface area is 98.3 Å². The Morgan fingerprint density at radius 3 is 2.24 bits per heavy atom. The third kappa shape index (κ3) is 4.02. The smallest absolute Gasteiger partial charge is 0.405 e. The van der Waals surface area contributed by atoms with Gasteiger partial charge in [0, 0.05) is 19.2 Å². The molecule has 92 valence electrons. The van der Waals surface area contributed by atoms with E-state index in [0.29, 0.717) is 0 Å². The lowest BCUT2D eigenvalue weighted by Crippen LogP contribution is -2.41. The van der Waals surface area contributed by atoms with Gasteiger partial charge in [0.2, 0.25) is 0 Å². The summed E-state index contributed by atoms with van der Waals surface area (Å²) in [5.74, 6) is -1.19. The summed E-state index contributed by atoms with van der Waals surface area (Å²) in [6.07, 6.45) is -1.23. The number of aliphatic carboxylic acids is 1. The molecule has 1 aromatic rings. The van der Waals surface area contributed by atoms with Crippen molar-refractivity contribution in [3.05, 3.63) is 29.8 Å². The number of carboxylic acid groups (broad SMARTS) is 2. The summed E-state index contributed by atoms with van der Waals surface area (Å²) in [7, 11) is 1.78. The van der Waals surface area contributed by atoms with Gasteiger partial charge < -0.3 is 20.8 Å². The Balaban J connectivity index is 2.71. The molecule has 0 bridgehead atoms. The maximum Gasteiger partial charge on any atom is 0.405 e. The van der Waals surface area contributed by atoms with E-state index < -0.39 is 18.1 Å². The molecular formula is C11H14N2O4. The van der Waals surface area contributed by atoms with E-state index in [1.165, 1.54) is 0 Å². The highest BCUT2D eigenvalue weighted by Gasteiger charge is 2.19. The average Bonchev–Trinajstić information content (AvgIpc) is 2.28. The van der Waals surface area contributed by atoms with Gasteiger partial charge in [-0.25, -0.2) is 9.59 Å². The van der Waals surface area contributed by atoms with Gasteiger partial charge in [-0.1, -0.05) is 12.1 Å². The molecule has 0 radical (unpaired) electrons. The summed E-state index contributed by atoms with van der Waals surface area (Å²) in [4.78, 5) is 21.2. The van der Waals surface area contributed by atoms with Crippen molar-refractivity contribution < 1.29 is 19.8 Å². The third-order valence-electron chi connectivity index (χ3n) is 2.28. The minimum absolute atomic E-state index is 0.117. The van der Waals surface area contributed by atoms with Crippen LogP contribution >= 0.6 is 0 Å². The van der Waals surface area contributed by atoms with E-state index in [-0.39, 0.29) is 6.42 Å². The molecule has 0 aliphatic heterocycles. The number of amides is 1. The summed E-state index contributed by atoms with van der Waals surface area (Å²) < 4.78 is 0. The molecule has 0 spiro atoms. The van der Waals surface area contributed by atoms with Gasteiger partial charge in [-0.2, -0.15) is 0 Å². The molecule has 0 saturated heterocycles. The van der Waals surface area contributed by atoms with Gasteiger partial charge in [-0.15, -0.1) is 0 Å². The fraction of sp³-hybridized carbons (Fsp3) is 0.273. The Morgan fingerprint density at radius 1 is 1.24 bits per heavy atom. The lowest BCUT2D eigenvalue weighted by atomic mass is 10.1. The van der Waals surface area contributed by atoms with Crippen LogP contribution in [0.1, 0.15) is 5.56 Å². The molecule has 6 heteroatoms. The van der Waals surface area contributed by atoms with Gasteiger partial charge in [0.25, 0.3) is 0 Å². The third-order valence-corrected chi connectivity index (χ3v) is 2.28. The van der Waals surface area contributed by atoms with E-state index in [1.54, 1.807) is 31.3 Å². The van der Waals surface area contributed by atoms with E-state index in [4.69, 9.17) is 10.2 Å². The number of carbonyl (C=O) groups is 2. The fourth-order valence-electron chi connectivity index (χ4n) is 1.39. The maximum absolute atomic E-state index is 10.8. The van der Waals surface area contributed by atoms with Crippen LogP contribution in [0, 0.1) is 0 Å². The largest absolute Gasteiger partial charge is 0.480 e. The monoisotopic (exact) mass is 238 g/mol. The van der Waals surface area contributed by atoms with Gasteiger partial charge in [0.1, 0.15) is 6.04 Å². The van der Waals surface area contributed by atoms with E-state index in [2.05, 4.69) is 5.32 Å². The molecule has 0 fully saturated rings. The first kappa shape index (κ1) is 12.8. The van der Waals surface area contributed by atoms with Gasteiger partial charge in [-0.05, 0) is 17.7 Å². The normalized spacial score (nSPS) is 11.6. The summed E-state index contributed by atoms with van der Waals surface area (Å²) in [5.41, 5.74) is 1.66. The number of benzene rings is 1. The van der Waals surface area contributed by atoms with Crippen LogP contribution in [0.15, 0.2) is 24.3 Å². The molecular weight excluding hydrogens is 224 g/mol. The topological polar surface area (TPSA) is 98.7 Å². The van der Waals surface area contributed by atoms with Crippen LogP contribution in [0.25, 0.3) is 0 Å². The van der Waals surface area contributed by atoms with Crippen LogP contribution in [0.2, 0.25) is 0 Å². The van der Waals surface area contributed by atoms with E-state index in [9.17, 15) is 9.59 Å². The zero-order valence-electron chi connectivity index (χ0n) is 9.30. The number of hydrogen-bond donors (Lipinski definition) is 4. The van der Waals surface area contributed by atoms with Crippen molar-refractivity contribution in [2.75, 3.05) is 12.4 Å². The molecule has 0 aromatic heterocycles. The zero-order chi connectivity index (χ0) is 12.8. The van der Waals surface area contributed by atoms with Crippen LogP contribution in [0.4, 0.5) is 10.5 Å². The summed E-state index contributed by atoms with van der Waals surface area (Å²) in [5, 5.41) is 22.2. The lowest BCUT2D eigenvalue weighted by Gasteiger charge is -2.12. The van der Waals surface area contributed by atoms with Crippen molar-refractivity contribution in [2.45, 2.75) is 12.5 Å². The van der Waals surface area contributed by atoms with Crippen molar-refractivity contribution in [2.24, 2.45) is 0 Å². The summed E-state index contributed by atoms with van der Waals surface area (Å²) in [6.45, 7) is 0. The van der Waals surface area contributed by atoms with Crippen LogP contribution in [0.3, 0.4) is 0 Å². The molecule has 6 nitrogen and oxygen atoms in total. The molecule has 1 aromatic carbocycles. The first-order chi connectivity index (χ1) is 8.02. The van der Waals surface area contributed by atoms with Crippen molar-refractivity contribution in [3.63, 3.8) is 0 Å². The Morgan fingerprint density at radius 2 is 1.82 bits per heavy atom. The quantitative estimate of drug-likeness (QED) is 0.613. The Kier molecular flexibility index (Phi) is 4.33. The van der Waals surface area contributed by atoms with Gasteiger partial charge >= 0.3 is 12.1 Å². The van der Waals surface area contributed by atoms with E-state index >= 15 is 0 Å². The highest BCUT2D eigenvalue weighted by molar-refractivity contribution is 5.79. The minimum Gasteiger partial charge on any atom is -0.480 e. The first-order valence-corrected chi connectivity index (χ1v) is 5.02.